The first-order valence-electron chi connectivity index (χ1n) is 6.95. The maximum absolute atomic E-state index is 12.2. The van der Waals surface area contributed by atoms with Gasteiger partial charge in [0.1, 0.15) is 16.4 Å². The number of hydrogen-bond donors (Lipinski definition) is 2. The maximum Gasteiger partial charge on any atom is 0.244 e. The molecular formula is C14H26N2O3S. The summed E-state index contributed by atoms with van der Waals surface area (Å²) in [6.07, 6.45) is 0.785. The van der Waals surface area contributed by atoms with Gasteiger partial charge in [0.2, 0.25) is 10.0 Å². The second kappa shape index (κ2) is 6.74. The lowest BCUT2D eigenvalue weighted by atomic mass is 9.93. The van der Waals surface area contributed by atoms with Crippen molar-refractivity contribution in [1.82, 2.24) is 10.0 Å². The van der Waals surface area contributed by atoms with E-state index < -0.39 is 10.0 Å². The molecule has 20 heavy (non-hydrogen) atoms. The Labute approximate surface area is 122 Å². The molecule has 116 valence electrons. The van der Waals surface area contributed by atoms with Crippen molar-refractivity contribution in [3.63, 3.8) is 0 Å². The van der Waals surface area contributed by atoms with E-state index in [0.29, 0.717) is 24.6 Å². The third kappa shape index (κ3) is 5.26. The SMILES string of the molecule is CCNCc1cc(S(=O)(=O)NCCC(C)(C)C)c(C)o1. The highest BCUT2D eigenvalue weighted by Crippen LogP contribution is 2.21. The van der Waals surface area contributed by atoms with Gasteiger partial charge in [0.15, 0.2) is 0 Å². The van der Waals surface area contributed by atoms with Crippen molar-refractivity contribution >= 4 is 10.0 Å². The summed E-state index contributed by atoms with van der Waals surface area (Å²) >= 11 is 0. The Morgan fingerprint density at radius 2 is 1.95 bits per heavy atom. The fraction of sp³-hybridized carbons (Fsp3) is 0.714. The van der Waals surface area contributed by atoms with Crippen molar-refractivity contribution in [1.29, 1.82) is 0 Å². The number of furan rings is 1. The van der Waals surface area contributed by atoms with Gasteiger partial charge in [-0.2, -0.15) is 0 Å². The minimum atomic E-state index is -3.49. The van der Waals surface area contributed by atoms with Crippen LogP contribution < -0.4 is 10.0 Å². The monoisotopic (exact) mass is 302 g/mol. The third-order valence-corrected chi connectivity index (χ3v) is 4.50. The molecule has 0 aromatic carbocycles. The molecule has 6 heteroatoms. The second-order valence-electron chi connectivity index (χ2n) is 6.12. The van der Waals surface area contributed by atoms with E-state index in [-0.39, 0.29) is 10.3 Å². The number of hydrogen-bond acceptors (Lipinski definition) is 4. The average Bonchev–Trinajstić information content (AvgIpc) is 2.66. The molecule has 0 radical (unpaired) electrons. The lowest BCUT2D eigenvalue weighted by Crippen LogP contribution is -2.27. The van der Waals surface area contributed by atoms with Crippen LogP contribution in [0.3, 0.4) is 0 Å². The Morgan fingerprint density at radius 3 is 2.50 bits per heavy atom. The minimum Gasteiger partial charge on any atom is -0.464 e. The number of sulfonamides is 1. The zero-order valence-electron chi connectivity index (χ0n) is 13.0. The molecule has 1 aromatic heterocycles. The summed E-state index contributed by atoms with van der Waals surface area (Å²) in [6, 6.07) is 1.59. The molecule has 0 aliphatic heterocycles. The highest BCUT2D eigenvalue weighted by atomic mass is 32.2. The van der Waals surface area contributed by atoms with E-state index >= 15 is 0 Å². The molecule has 1 rings (SSSR count). The molecule has 0 fully saturated rings. The van der Waals surface area contributed by atoms with Crippen LogP contribution in [-0.4, -0.2) is 21.5 Å². The first-order valence-corrected chi connectivity index (χ1v) is 8.44. The van der Waals surface area contributed by atoms with E-state index in [0.717, 1.165) is 13.0 Å². The fourth-order valence-corrected chi connectivity index (χ4v) is 3.00. The maximum atomic E-state index is 12.2. The summed E-state index contributed by atoms with van der Waals surface area (Å²) < 4.78 is 32.6. The van der Waals surface area contributed by atoms with E-state index in [1.54, 1.807) is 13.0 Å². The van der Waals surface area contributed by atoms with Crippen molar-refractivity contribution in [2.45, 2.75) is 52.5 Å². The van der Waals surface area contributed by atoms with Gasteiger partial charge in [-0.15, -0.1) is 0 Å². The normalized spacial score (nSPS) is 12.8. The Morgan fingerprint density at radius 1 is 1.30 bits per heavy atom. The molecule has 0 aliphatic carbocycles. The van der Waals surface area contributed by atoms with E-state index in [9.17, 15) is 8.42 Å². The molecule has 1 heterocycles. The summed E-state index contributed by atoms with van der Waals surface area (Å²) in [5, 5.41) is 3.11. The summed E-state index contributed by atoms with van der Waals surface area (Å²) in [4.78, 5) is 0.235. The molecule has 5 nitrogen and oxygen atoms in total. The van der Waals surface area contributed by atoms with Gasteiger partial charge in [0, 0.05) is 12.6 Å². The van der Waals surface area contributed by atoms with Crippen LogP contribution in [0.4, 0.5) is 0 Å². The highest BCUT2D eigenvalue weighted by Gasteiger charge is 2.21. The summed E-state index contributed by atoms with van der Waals surface area (Å²) in [5.41, 5.74) is 0.101. The van der Waals surface area contributed by atoms with Crippen molar-refractivity contribution in [3.05, 3.63) is 17.6 Å². The van der Waals surface area contributed by atoms with Gasteiger partial charge in [0.05, 0.1) is 6.54 Å². The average molecular weight is 302 g/mol. The molecular weight excluding hydrogens is 276 g/mol. The zero-order chi connectivity index (χ0) is 15.4. The predicted octanol–water partition coefficient (Wildman–Crippen LogP) is 2.41. The van der Waals surface area contributed by atoms with Crippen LogP contribution in [0.1, 0.15) is 45.6 Å². The van der Waals surface area contributed by atoms with Gasteiger partial charge in [-0.05, 0) is 25.3 Å². The van der Waals surface area contributed by atoms with Gasteiger partial charge >= 0.3 is 0 Å². The summed E-state index contributed by atoms with van der Waals surface area (Å²) in [6.45, 7) is 11.7. The molecule has 0 amide bonds. The molecule has 2 N–H and O–H groups in total. The molecule has 0 atom stereocenters. The van der Waals surface area contributed by atoms with Crippen LogP contribution in [0.15, 0.2) is 15.4 Å². The van der Waals surface area contributed by atoms with Gasteiger partial charge < -0.3 is 9.73 Å². The van der Waals surface area contributed by atoms with Gasteiger partial charge in [0.25, 0.3) is 0 Å². The van der Waals surface area contributed by atoms with Gasteiger partial charge in [-0.3, -0.25) is 0 Å². The lowest BCUT2D eigenvalue weighted by molar-refractivity contribution is 0.378. The molecule has 1 aromatic rings. The number of aryl methyl sites for hydroxylation is 1. The first-order chi connectivity index (χ1) is 9.15. The quantitative estimate of drug-likeness (QED) is 0.811. The van der Waals surface area contributed by atoms with Crippen LogP contribution >= 0.6 is 0 Å². The van der Waals surface area contributed by atoms with Crippen molar-refractivity contribution < 1.29 is 12.8 Å². The number of rotatable bonds is 7. The summed E-state index contributed by atoms with van der Waals surface area (Å²) in [7, 11) is -3.49. The lowest BCUT2D eigenvalue weighted by Gasteiger charge is -2.17. The van der Waals surface area contributed by atoms with Crippen molar-refractivity contribution in [2.24, 2.45) is 5.41 Å². The Balaban J connectivity index is 2.74. The Hall–Kier alpha value is -0.850. The largest absolute Gasteiger partial charge is 0.464 e. The van der Waals surface area contributed by atoms with Gasteiger partial charge in [-0.1, -0.05) is 27.7 Å². The van der Waals surface area contributed by atoms with Crippen LogP contribution in [0.2, 0.25) is 0 Å². The van der Waals surface area contributed by atoms with E-state index in [1.807, 2.05) is 6.92 Å². The topological polar surface area (TPSA) is 71.3 Å². The first kappa shape index (κ1) is 17.2. The van der Waals surface area contributed by atoms with Crippen molar-refractivity contribution in [3.8, 4) is 0 Å². The standard InChI is InChI=1S/C14H26N2O3S/c1-6-15-10-12-9-13(11(2)19-12)20(17,18)16-8-7-14(3,4)5/h9,15-16H,6-8,10H2,1-5H3. The highest BCUT2D eigenvalue weighted by molar-refractivity contribution is 7.89. The van der Waals surface area contributed by atoms with Crippen LogP contribution in [0, 0.1) is 12.3 Å². The molecule has 0 bridgehead atoms. The van der Waals surface area contributed by atoms with E-state index in [4.69, 9.17) is 4.42 Å². The third-order valence-electron chi connectivity index (χ3n) is 2.93. The molecule has 0 saturated carbocycles. The predicted molar refractivity (Wildman–Crippen MR) is 80.1 cm³/mol. The summed E-state index contributed by atoms with van der Waals surface area (Å²) in [5.74, 6) is 1.07. The molecule has 0 unspecified atom stereocenters. The van der Waals surface area contributed by atoms with Crippen LogP contribution in [-0.2, 0) is 16.6 Å². The second-order valence-corrected chi connectivity index (χ2v) is 7.86. The zero-order valence-corrected chi connectivity index (χ0v) is 13.9. The molecule has 0 aliphatic rings. The Bertz CT molecular complexity index is 527. The van der Waals surface area contributed by atoms with E-state index in [2.05, 4.69) is 30.8 Å². The van der Waals surface area contributed by atoms with E-state index in [1.165, 1.54) is 0 Å². The molecule has 0 saturated heterocycles. The molecule has 0 spiro atoms. The van der Waals surface area contributed by atoms with Gasteiger partial charge in [-0.25, -0.2) is 13.1 Å². The van der Waals surface area contributed by atoms with Crippen molar-refractivity contribution in [2.75, 3.05) is 13.1 Å². The van der Waals surface area contributed by atoms with Crippen LogP contribution in [0.25, 0.3) is 0 Å². The minimum absolute atomic E-state index is 0.101. The Kier molecular flexibility index (Phi) is 5.79. The van der Waals surface area contributed by atoms with Crippen LogP contribution in [0.5, 0.6) is 0 Å². The smallest absolute Gasteiger partial charge is 0.244 e. The fourth-order valence-electron chi connectivity index (χ4n) is 1.76. The number of nitrogens with one attached hydrogen (secondary N) is 2.